The number of halogens is 1. The third kappa shape index (κ3) is 3.31. The molecule has 0 fully saturated rings. The van der Waals surface area contributed by atoms with Crippen molar-refractivity contribution >= 4 is 22.2 Å². The van der Waals surface area contributed by atoms with E-state index in [1.165, 1.54) is 0 Å². The summed E-state index contributed by atoms with van der Waals surface area (Å²) in [6, 6.07) is 7.99. The van der Waals surface area contributed by atoms with Gasteiger partial charge in [-0.25, -0.2) is 0 Å². The van der Waals surface area contributed by atoms with Crippen LogP contribution in [0.2, 0.25) is 0 Å². The van der Waals surface area contributed by atoms with Crippen molar-refractivity contribution in [3.8, 4) is 0 Å². The molecule has 0 atom stereocenters. The predicted molar refractivity (Wildman–Crippen MR) is 57.3 cm³/mol. The second-order valence-corrected chi connectivity index (χ2v) is 4.71. The first-order valence-corrected chi connectivity index (χ1v) is 4.96. The Morgan fingerprint density at radius 1 is 1.46 bits per heavy atom. The fourth-order valence-electron chi connectivity index (χ4n) is 1.19. The molecule has 1 nitrogen and oxygen atoms in total. The van der Waals surface area contributed by atoms with Crippen molar-refractivity contribution in [1.29, 1.82) is 0 Å². The van der Waals surface area contributed by atoms with Crippen molar-refractivity contribution in [3.63, 3.8) is 0 Å². The SMILES string of the molecule is CC(C)([C]=O)Cc1cccc(Br)c1. The van der Waals surface area contributed by atoms with Crippen molar-refractivity contribution < 1.29 is 4.79 Å². The van der Waals surface area contributed by atoms with Gasteiger partial charge in [0.1, 0.15) is 0 Å². The maximum absolute atomic E-state index is 10.6. The summed E-state index contributed by atoms with van der Waals surface area (Å²) in [5.74, 6) is 0. The lowest BCUT2D eigenvalue weighted by Crippen LogP contribution is -2.16. The minimum Gasteiger partial charge on any atom is -0.290 e. The first-order chi connectivity index (χ1) is 6.03. The lowest BCUT2D eigenvalue weighted by molar-refractivity contribution is 0.448. The zero-order chi connectivity index (χ0) is 9.90. The van der Waals surface area contributed by atoms with Gasteiger partial charge in [0.05, 0.1) is 0 Å². The molecule has 0 bridgehead atoms. The van der Waals surface area contributed by atoms with Gasteiger partial charge in [0.25, 0.3) is 0 Å². The fourth-order valence-corrected chi connectivity index (χ4v) is 1.64. The summed E-state index contributed by atoms with van der Waals surface area (Å²) in [6.45, 7) is 3.78. The number of rotatable bonds is 3. The Balaban J connectivity index is 2.80. The number of hydrogen-bond donors (Lipinski definition) is 0. The minimum atomic E-state index is -0.388. The second kappa shape index (κ2) is 4.05. The van der Waals surface area contributed by atoms with Gasteiger partial charge in [-0.1, -0.05) is 41.9 Å². The summed E-state index contributed by atoms with van der Waals surface area (Å²) in [5, 5.41) is 0. The monoisotopic (exact) mass is 239 g/mol. The summed E-state index contributed by atoms with van der Waals surface area (Å²) in [6.07, 6.45) is 2.78. The quantitative estimate of drug-likeness (QED) is 0.793. The van der Waals surface area contributed by atoms with E-state index in [0.717, 1.165) is 16.5 Å². The van der Waals surface area contributed by atoms with Crippen molar-refractivity contribution in [2.45, 2.75) is 20.3 Å². The Hall–Kier alpha value is -0.630. The van der Waals surface area contributed by atoms with E-state index in [4.69, 9.17) is 0 Å². The molecule has 0 unspecified atom stereocenters. The normalized spacial score (nSPS) is 11.3. The maximum Gasteiger partial charge on any atom is 0.204 e. The first-order valence-electron chi connectivity index (χ1n) is 4.17. The van der Waals surface area contributed by atoms with E-state index in [0.29, 0.717) is 0 Å². The number of carbonyl (C=O) groups excluding carboxylic acids is 1. The highest BCUT2D eigenvalue weighted by molar-refractivity contribution is 9.10. The van der Waals surface area contributed by atoms with Crippen LogP contribution in [0.4, 0.5) is 0 Å². The van der Waals surface area contributed by atoms with Crippen LogP contribution >= 0.6 is 15.9 Å². The summed E-state index contributed by atoms with van der Waals surface area (Å²) >= 11 is 3.39. The zero-order valence-electron chi connectivity index (χ0n) is 7.80. The largest absolute Gasteiger partial charge is 0.290 e. The Labute approximate surface area is 87.3 Å². The molecule has 2 heteroatoms. The molecule has 1 aromatic rings. The number of benzene rings is 1. The average Bonchev–Trinajstić information content (AvgIpc) is 2.03. The van der Waals surface area contributed by atoms with Gasteiger partial charge in [0.2, 0.25) is 6.29 Å². The summed E-state index contributed by atoms with van der Waals surface area (Å²) in [5.41, 5.74) is 0.767. The third-order valence-corrected chi connectivity index (χ3v) is 2.30. The molecule has 0 aromatic heterocycles. The Kier molecular flexibility index (Phi) is 3.26. The van der Waals surface area contributed by atoms with Gasteiger partial charge in [-0.2, -0.15) is 0 Å². The summed E-state index contributed by atoms with van der Waals surface area (Å²) in [4.78, 5) is 10.6. The molecule has 0 saturated carbocycles. The van der Waals surface area contributed by atoms with Gasteiger partial charge < -0.3 is 0 Å². The van der Waals surface area contributed by atoms with E-state index >= 15 is 0 Å². The van der Waals surface area contributed by atoms with Crippen LogP contribution in [0.5, 0.6) is 0 Å². The Morgan fingerprint density at radius 3 is 2.69 bits per heavy atom. The Bertz CT molecular complexity index is 305. The fraction of sp³-hybridized carbons (Fsp3) is 0.364. The molecular formula is C11H12BrO. The summed E-state index contributed by atoms with van der Waals surface area (Å²) in [7, 11) is 0. The molecule has 1 radical (unpaired) electrons. The van der Waals surface area contributed by atoms with Crippen LogP contribution in [0.15, 0.2) is 28.7 Å². The molecule has 0 amide bonds. The first kappa shape index (κ1) is 10.5. The van der Waals surface area contributed by atoms with Crippen LogP contribution in [0, 0.1) is 5.41 Å². The molecular weight excluding hydrogens is 228 g/mol. The smallest absolute Gasteiger partial charge is 0.204 e. The third-order valence-electron chi connectivity index (χ3n) is 1.81. The van der Waals surface area contributed by atoms with E-state index in [-0.39, 0.29) is 5.41 Å². The number of hydrogen-bond acceptors (Lipinski definition) is 1. The van der Waals surface area contributed by atoms with E-state index in [9.17, 15) is 4.79 Å². The van der Waals surface area contributed by atoms with E-state index < -0.39 is 0 Å². The molecule has 0 aliphatic heterocycles. The van der Waals surface area contributed by atoms with Crippen molar-refractivity contribution in [2.75, 3.05) is 0 Å². The molecule has 69 valence electrons. The topological polar surface area (TPSA) is 17.1 Å². The van der Waals surface area contributed by atoms with Crippen LogP contribution in [0.3, 0.4) is 0 Å². The van der Waals surface area contributed by atoms with Gasteiger partial charge >= 0.3 is 0 Å². The molecule has 0 N–H and O–H groups in total. The van der Waals surface area contributed by atoms with Crippen molar-refractivity contribution in [3.05, 3.63) is 34.3 Å². The average molecular weight is 240 g/mol. The molecule has 0 heterocycles. The van der Waals surface area contributed by atoms with Crippen LogP contribution in [0.25, 0.3) is 0 Å². The predicted octanol–water partition coefficient (Wildman–Crippen LogP) is 3.13. The highest BCUT2D eigenvalue weighted by atomic mass is 79.9. The molecule has 0 saturated heterocycles. The standard InChI is InChI=1S/C11H12BrO/c1-11(2,8-13)7-9-4-3-5-10(12)6-9/h3-6H,7H2,1-2H3. The Morgan fingerprint density at radius 2 is 2.15 bits per heavy atom. The van der Waals surface area contributed by atoms with E-state index in [1.807, 2.05) is 44.4 Å². The van der Waals surface area contributed by atoms with Crippen LogP contribution in [-0.2, 0) is 11.2 Å². The second-order valence-electron chi connectivity index (χ2n) is 3.79. The zero-order valence-corrected chi connectivity index (χ0v) is 9.39. The summed E-state index contributed by atoms with van der Waals surface area (Å²) < 4.78 is 1.05. The van der Waals surface area contributed by atoms with Crippen LogP contribution in [0.1, 0.15) is 19.4 Å². The maximum atomic E-state index is 10.6. The van der Waals surface area contributed by atoms with Crippen LogP contribution < -0.4 is 0 Å². The molecule has 13 heavy (non-hydrogen) atoms. The van der Waals surface area contributed by atoms with Crippen LogP contribution in [-0.4, -0.2) is 6.29 Å². The van der Waals surface area contributed by atoms with Gasteiger partial charge in [-0.05, 0) is 24.1 Å². The molecule has 0 spiro atoms. The van der Waals surface area contributed by atoms with Crippen molar-refractivity contribution in [1.82, 2.24) is 0 Å². The molecule has 1 aromatic carbocycles. The van der Waals surface area contributed by atoms with Gasteiger partial charge in [0, 0.05) is 9.89 Å². The highest BCUT2D eigenvalue weighted by Crippen LogP contribution is 2.21. The van der Waals surface area contributed by atoms with Crippen molar-refractivity contribution in [2.24, 2.45) is 5.41 Å². The van der Waals surface area contributed by atoms with E-state index in [2.05, 4.69) is 15.9 Å². The molecule has 0 aliphatic rings. The van der Waals surface area contributed by atoms with Gasteiger partial charge in [-0.15, -0.1) is 0 Å². The van der Waals surface area contributed by atoms with Gasteiger partial charge in [-0.3, -0.25) is 4.79 Å². The highest BCUT2D eigenvalue weighted by Gasteiger charge is 2.18. The minimum absolute atomic E-state index is 0.388. The molecule has 1 rings (SSSR count). The lowest BCUT2D eigenvalue weighted by Gasteiger charge is -2.15. The lowest BCUT2D eigenvalue weighted by atomic mass is 9.87. The molecule has 0 aliphatic carbocycles. The van der Waals surface area contributed by atoms with Gasteiger partial charge in [0.15, 0.2) is 0 Å². The van der Waals surface area contributed by atoms with E-state index in [1.54, 1.807) is 0 Å².